The third-order valence-electron chi connectivity index (χ3n) is 1.84. The molecule has 0 aliphatic carbocycles. The van der Waals surface area contributed by atoms with Crippen LogP contribution >= 0.6 is 11.3 Å². The number of aryl methyl sites for hydroxylation is 2. The Kier molecular flexibility index (Phi) is 1.77. The molecule has 0 aliphatic rings. The van der Waals surface area contributed by atoms with Crippen LogP contribution in [-0.4, -0.2) is 4.98 Å². The molecule has 0 saturated carbocycles. The summed E-state index contributed by atoms with van der Waals surface area (Å²) in [4.78, 5) is 5.99. The summed E-state index contributed by atoms with van der Waals surface area (Å²) in [5, 5.41) is 0. The van der Waals surface area contributed by atoms with Gasteiger partial charge in [0.25, 0.3) is 0 Å². The minimum Gasteiger partial charge on any atom is -0.358 e. The lowest BCUT2D eigenvalue weighted by molar-refractivity contribution is 1.27. The Labute approximate surface area is 76.1 Å². The summed E-state index contributed by atoms with van der Waals surface area (Å²) >= 11 is 1.82. The highest BCUT2D eigenvalue weighted by molar-refractivity contribution is 7.15. The van der Waals surface area contributed by atoms with Gasteiger partial charge in [0.15, 0.2) is 0 Å². The molecule has 0 unspecified atom stereocenters. The van der Waals surface area contributed by atoms with Gasteiger partial charge in [0.2, 0.25) is 0 Å². The molecule has 0 amide bonds. The van der Waals surface area contributed by atoms with E-state index in [2.05, 4.69) is 43.1 Å². The zero-order valence-corrected chi connectivity index (χ0v) is 8.03. The molecule has 2 aromatic rings. The molecule has 12 heavy (non-hydrogen) atoms. The predicted octanol–water partition coefficient (Wildman–Crippen LogP) is 3.36. The number of hydrogen-bond acceptors (Lipinski definition) is 1. The van der Waals surface area contributed by atoms with E-state index >= 15 is 0 Å². The van der Waals surface area contributed by atoms with E-state index < -0.39 is 0 Å². The van der Waals surface area contributed by atoms with Crippen molar-refractivity contribution in [2.45, 2.75) is 13.8 Å². The average Bonchev–Trinajstić information content (AvgIpc) is 2.58. The van der Waals surface area contributed by atoms with Gasteiger partial charge >= 0.3 is 0 Å². The molecule has 2 heteroatoms. The smallest absolute Gasteiger partial charge is 0.0557 e. The first-order chi connectivity index (χ1) is 5.75. The van der Waals surface area contributed by atoms with Gasteiger partial charge in [-0.05, 0) is 38.1 Å². The molecule has 0 radical (unpaired) electrons. The van der Waals surface area contributed by atoms with Crippen molar-refractivity contribution in [1.29, 1.82) is 0 Å². The van der Waals surface area contributed by atoms with Crippen LogP contribution in [0.25, 0.3) is 10.6 Å². The highest BCUT2D eigenvalue weighted by Gasteiger charge is 2.00. The summed E-state index contributed by atoms with van der Waals surface area (Å²) in [5.74, 6) is 0. The van der Waals surface area contributed by atoms with Gasteiger partial charge in [-0.1, -0.05) is 0 Å². The first kappa shape index (κ1) is 7.62. The van der Waals surface area contributed by atoms with Crippen LogP contribution in [0.15, 0.2) is 24.3 Å². The summed E-state index contributed by atoms with van der Waals surface area (Å²) in [6.45, 7) is 4.20. The molecule has 0 fully saturated rings. The van der Waals surface area contributed by atoms with Crippen molar-refractivity contribution in [1.82, 2.24) is 4.98 Å². The lowest BCUT2D eigenvalue weighted by Gasteiger charge is -1.89. The molecule has 0 bridgehead atoms. The molecule has 0 spiro atoms. The minimum absolute atomic E-state index is 1.22. The number of aromatic nitrogens is 1. The Morgan fingerprint density at radius 3 is 2.42 bits per heavy atom. The first-order valence-corrected chi connectivity index (χ1v) is 4.80. The van der Waals surface area contributed by atoms with Gasteiger partial charge in [0.1, 0.15) is 0 Å². The molecule has 0 aliphatic heterocycles. The van der Waals surface area contributed by atoms with Crippen LogP contribution in [0.5, 0.6) is 0 Å². The monoisotopic (exact) mass is 177 g/mol. The third kappa shape index (κ3) is 1.30. The van der Waals surface area contributed by atoms with Crippen molar-refractivity contribution in [2.75, 3.05) is 0 Å². The van der Waals surface area contributed by atoms with E-state index in [1.54, 1.807) is 0 Å². The predicted molar refractivity (Wildman–Crippen MR) is 53.6 cm³/mol. The van der Waals surface area contributed by atoms with Gasteiger partial charge in [-0.3, -0.25) is 0 Å². The number of aromatic amines is 1. The summed E-state index contributed by atoms with van der Waals surface area (Å²) < 4.78 is 0. The summed E-state index contributed by atoms with van der Waals surface area (Å²) in [5.41, 5.74) is 2.45. The molecule has 2 rings (SSSR count). The summed E-state index contributed by atoms with van der Waals surface area (Å²) in [6, 6.07) is 8.53. The van der Waals surface area contributed by atoms with Gasteiger partial charge in [0, 0.05) is 10.6 Å². The number of hydrogen-bond donors (Lipinski definition) is 1. The molecule has 0 aromatic carbocycles. The fourth-order valence-electron chi connectivity index (χ4n) is 1.23. The van der Waals surface area contributed by atoms with E-state index in [-0.39, 0.29) is 0 Å². The van der Waals surface area contributed by atoms with E-state index in [9.17, 15) is 0 Å². The Balaban J connectivity index is 2.43. The maximum Gasteiger partial charge on any atom is 0.0557 e. The molecule has 0 saturated heterocycles. The van der Waals surface area contributed by atoms with Crippen molar-refractivity contribution in [3.63, 3.8) is 0 Å². The fourth-order valence-corrected chi connectivity index (χ4v) is 2.08. The highest BCUT2D eigenvalue weighted by atomic mass is 32.1. The average molecular weight is 177 g/mol. The van der Waals surface area contributed by atoms with Crippen LogP contribution in [0.1, 0.15) is 10.6 Å². The van der Waals surface area contributed by atoms with E-state index in [1.165, 1.54) is 21.1 Å². The first-order valence-electron chi connectivity index (χ1n) is 3.98. The van der Waals surface area contributed by atoms with E-state index in [4.69, 9.17) is 0 Å². The van der Waals surface area contributed by atoms with E-state index in [1.807, 2.05) is 11.3 Å². The Hall–Kier alpha value is -1.02. The zero-order chi connectivity index (χ0) is 8.55. The van der Waals surface area contributed by atoms with Gasteiger partial charge in [-0.15, -0.1) is 11.3 Å². The van der Waals surface area contributed by atoms with E-state index in [0.717, 1.165) is 0 Å². The van der Waals surface area contributed by atoms with Crippen LogP contribution in [0.4, 0.5) is 0 Å². The Bertz CT molecular complexity index is 346. The van der Waals surface area contributed by atoms with Crippen LogP contribution in [-0.2, 0) is 0 Å². The van der Waals surface area contributed by atoms with E-state index in [0.29, 0.717) is 0 Å². The molecule has 1 nitrogen and oxygen atoms in total. The van der Waals surface area contributed by atoms with Crippen molar-refractivity contribution >= 4 is 11.3 Å². The van der Waals surface area contributed by atoms with Crippen molar-refractivity contribution in [3.8, 4) is 10.6 Å². The van der Waals surface area contributed by atoms with Crippen molar-refractivity contribution in [3.05, 3.63) is 34.8 Å². The molecular formula is C10H11NS. The third-order valence-corrected chi connectivity index (χ3v) is 2.87. The van der Waals surface area contributed by atoms with Gasteiger partial charge in [0.05, 0.1) is 10.6 Å². The summed E-state index contributed by atoms with van der Waals surface area (Å²) in [6.07, 6.45) is 0. The van der Waals surface area contributed by atoms with Crippen LogP contribution in [0, 0.1) is 13.8 Å². The Morgan fingerprint density at radius 2 is 1.92 bits per heavy atom. The largest absolute Gasteiger partial charge is 0.358 e. The molecule has 1 N–H and O–H groups in total. The maximum atomic E-state index is 3.32. The molecule has 2 aromatic heterocycles. The van der Waals surface area contributed by atoms with Crippen molar-refractivity contribution < 1.29 is 0 Å². The maximum absolute atomic E-state index is 3.32. The number of rotatable bonds is 1. The lowest BCUT2D eigenvalue weighted by Crippen LogP contribution is -1.70. The van der Waals surface area contributed by atoms with Gasteiger partial charge in [-0.2, -0.15) is 0 Å². The second-order valence-electron chi connectivity index (χ2n) is 2.97. The molecular weight excluding hydrogens is 166 g/mol. The normalized spacial score (nSPS) is 10.5. The minimum atomic E-state index is 1.22. The SMILES string of the molecule is Cc1ccc(-c2ccc(C)s2)[nH]1. The van der Waals surface area contributed by atoms with Crippen LogP contribution in [0.3, 0.4) is 0 Å². The topological polar surface area (TPSA) is 15.8 Å². The van der Waals surface area contributed by atoms with Crippen LogP contribution < -0.4 is 0 Å². The number of H-pyrrole nitrogens is 1. The van der Waals surface area contributed by atoms with Crippen LogP contribution in [0.2, 0.25) is 0 Å². The standard InChI is InChI=1S/C10H11NS/c1-7-3-5-9(11-7)10-6-4-8(2)12-10/h3-6,11H,1-2H3. The molecule has 62 valence electrons. The van der Waals surface area contributed by atoms with Gasteiger partial charge in [-0.25, -0.2) is 0 Å². The molecule has 2 heterocycles. The zero-order valence-electron chi connectivity index (χ0n) is 7.22. The quantitative estimate of drug-likeness (QED) is 0.687. The number of nitrogens with one attached hydrogen (secondary N) is 1. The summed E-state index contributed by atoms with van der Waals surface area (Å²) in [7, 11) is 0. The highest BCUT2D eigenvalue weighted by Crippen LogP contribution is 2.26. The lowest BCUT2D eigenvalue weighted by atomic mass is 10.3. The second kappa shape index (κ2) is 2.79. The Morgan fingerprint density at radius 1 is 1.08 bits per heavy atom. The van der Waals surface area contributed by atoms with Crippen molar-refractivity contribution in [2.24, 2.45) is 0 Å². The van der Waals surface area contributed by atoms with Gasteiger partial charge < -0.3 is 4.98 Å². The number of thiophene rings is 1. The molecule has 0 atom stereocenters. The second-order valence-corrected chi connectivity index (χ2v) is 4.25. The fraction of sp³-hybridized carbons (Fsp3) is 0.200.